The van der Waals surface area contributed by atoms with Crippen molar-refractivity contribution >= 4 is 46.0 Å². The maximum absolute atomic E-state index is 6.50. The Hall–Kier alpha value is -1.69. The van der Waals surface area contributed by atoms with Gasteiger partial charge < -0.3 is 9.99 Å². The number of fused-ring (bicyclic) bond motifs is 1. The van der Waals surface area contributed by atoms with E-state index in [4.69, 9.17) is 16.9 Å². The first-order valence-corrected chi connectivity index (χ1v) is 13.8. The Bertz CT molecular complexity index is 1010. The largest absolute Gasteiger partial charge is 0.374 e. The van der Waals surface area contributed by atoms with Crippen LogP contribution >= 0.6 is 17.7 Å². The lowest BCUT2D eigenvalue weighted by molar-refractivity contribution is 0.304. The Labute approximate surface area is 181 Å². The molecular weight excluding hydrogens is 417 g/mol. The van der Waals surface area contributed by atoms with Crippen LogP contribution < -0.4 is 9.87 Å². The minimum atomic E-state index is -2.39. The van der Waals surface area contributed by atoms with Gasteiger partial charge >= 0.3 is 0 Å². The number of hydrogen-bond donors (Lipinski definition) is 1. The van der Waals surface area contributed by atoms with E-state index in [9.17, 15) is 0 Å². The highest BCUT2D eigenvalue weighted by Gasteiger charge is 2.48. The van der Waals surface area contributed by atoms with Gasteiger partial charge in [0, 0.05) is 30.4 Å². The molecule has 1 fully saturated rings. The van der Waals surface area contributed by atoms with Crippen LogP contribution in [-0.4, -0.2) is 28.7 Å². The van der Waals surface area contributed by atoms with Crippen molar-refractivity contribution in [2.45, 2.75) is 39.5 Å². The number of rotatable bonds is 4. The molecule has 0 spiro atoms. The molecule has 152 valence electrons. The minimum absolute atomic E-state index is 0.189. The van der Waals surface area contributed by atoms with E-state index in [0.29, 0.717) is 0 Å². The van der Waals surface area contributed by atoms with Crippen LogP contribution in [-0.2, 0) is 11.8 Å². The van der Waals surface area contributed by atoms with Crippen LogP contribution in [0.1, 0.15) is 39.5 Å². The Morgan fingerprint density at radius 1 is 1.14 bits per heavy atom. The van der Waals surface area contributed by atoms with Crippen molar-refractivity contribution in [3.8, 4) is 0 Å². The minimum Gasteiger partial charge on any atom is -0.374 e. The summed E-state index contributed by atoms with van der Waals surface area (Å²) >= 11 is 8.10. The van der Waals surface area contributed by atoms with E-state index >= 15 is 0 Å². The molecule has 2 aromatic rings. The maximum Gasteiger partial charge on any atom is 0.187 e. The van der Waals surface area contributed by atoms with Gasteiger partial charge in [-0.25, -0.2) is 9.76 Å². The quantitative estimate of drug-likeness (QED) is 0.599. The highest BCUT2D eigenvalue weighted by Crippen LogP contribution is 2.66. The molecule has 5 nitrogen and oxygen atoms in total. The number of nitrogens with zero attached hydrogens (tertiary/aromatic N) is 4. The molecule has 1 N–H and O–H groups in total. The predicted octanol–water partition coefficient (Wildman–Crippen LogP) is 5.87. The van der Waals surface area contributed by atoms with Crippen LogP contribution in [0.5, 0.6) is 0 Å². The summed E-state index contributed by atoms with van der Waals surface area (Å²) in [6.45, 7) is 6.96. The average molecular weight is 444 g/mol. The van der Waals surface area contributed by atoms with Crippen LogP contribution in [0.15, 0.2) is 58.0 Å². The van der Waals surface area contributed by atoms with Crippen LogP contribution in [0.25, 0.3) is 0 Å². The fourth-order valence-corrected chi connectivity index (χ4v) is 9.44. The molecule has 5 rings (SSSR count). The highest BCUT2D eigenvalue weighted by atomic mass is 32.4. The molecule has 0 radical (unpaired) electrons. The molecule has 0 amide bonds. The number of hydrazone groups is 1. The topological polar surface area (TPSA) is 43.8 Å². The summed E-state index contributed by atoms with van der Waals surface area (Å²) in [4.78, 5) is 7.07. The summed E-state index contributed by atoms with van der Waals surface area (Å²) in [7, 11) is 0. The van der Waals surface area contributed by atoms with Gasteiger partial charge in [-0.3, -0.25) is 0 Å². The number of hydrogen-bond acceptors (Lipinski definition) is 5. The smallest absolute Gasteiger partial charge is 0.187 e. The van der Waals surface area contributed by atoms with Crippen molar-refractivity contribution in [1.82, 2.24) is 9.88 Å². The van der Waals surface area contributed by atoms with Crippen molar-refractivity contribution in [3.63, 3.8) is 0 Å². The molecule has 1 atom stereocenters. The molecular formula is C21H26N5PS2. The molecule has 3 heterocycles. The third-order valence-corrected chi connectivity index (χ3v) is 10.4. The van der Waals surface area contributed by atoms with Crippen molar-refractivity contribution in [2.75, 3.05) is 23.0 Å². The van der Waals surface area contributed by atoms with E-state index in [-0.39, 0.29) is 5.41 Å². The molecule has 1 aromatic heterocycles. The molecule has 3 aliphatic rings. The first kappa shape index (κ1) is 19.3. The number of benzene rings is 1. The van der Waals surface area contributed by atoms with Gasteiger partial charge in [0.2, 0.25) is 0 Å². The summed E-state index contributed by atoms with van der Waals surface area (Å²) in [6.07, 6.45) is 3.98. The van der Waals surface area contributed by atoms with Gasteiger partial charge in [0.25, 0.3) is 0 Å². The number of aromatic nitrogens is 1. The van der Waals surface area contributed by atoms with Gasteiger partial charge in [-0.1, -0.05) is 32.0 Å². The molecule has 1 aromatic carbocycles. The Morgan fingerprint density at radius 3 is 2.59 bits per heavy atom. The van der Waals surface area contributed by atoms with E-state index < -0.39 is 6.34 Å². The first-order chi connectivity index (χ1) is 14.0. The second kappa shape index (κ2) is 7.22. The summed E-state index contributed by atoms with van der Waals surface area (Å²) in [5.41, 5.74) is 3.82. The van der Waals surface area contributed by atoms with E-state index in [1.165, 1.54) is 29.6 Å². The monoisotopic (exact) mass is 443 g/mol. The molecule has 2 aliphatic heterocycles. The average Bonchev–Trinajstić information content (AvgIpc) is 3.43. The first-order valence-electron chi connectivity index (χ1n) is 10.2. The number of anilines is 2. The molecule has 1 aliphatic carbocycles. The number of thiazole rings is 1. The van der Waals surface area contributed by atoms with Gasteiger partial charge in [-0.2, -0.15) is 5.10 Å². The van der Waals surface area contributed by atoms with E-state index in [2.05, 4.69) is 57.9 Å². The predicted molar refractivity (Wildman–Crippen MR) is 127 cm³/mol. The highest BCUT2D eigenvalue weighted by molar-refractivity contribution is 8.18. The molecule has 1 saturated heterocycles. The van der Waals surface area contributed by atoms with Gasteiger partial charge in [0.15, 0.2) is 11.5 Å². The van der Waals surface area contributed by atoms with Crippen LogP contribution in [0.3, 0.4) is 0 Å². The Kier molecular flexibility index (Phi) is 4.80. The lowest BCUT2D eigenvalue weighted by atomic mass is 9.78. The summed E-state index contributed by atoms with van der Waals surface area (Å²) in [5, 5.41) is 13.0. The van der Waals surface area contributed by atoms with Crippen molar-refractivity contribution in [2.24, 2.45) is 10.5 Å². The number of nitrogens with one attached hydrogen (secondary N) is 1. The van der Waals surface area contributed by atoms with Gasteiger partial charge in [-0.15, -0.1) is 11.3 Å². The molecule has 0 saturated carbocycles. The van der Waals surface area contributed by atoms with Gasteiger partial charge in [0.05, 0.1) is 16.7 Å². The summed E-state index contributed by atoms with van der Waals surface area (Å²) in [5.74, 6) is 0. The zero-order valence-corrected chi connectivity index (χ0v) is 19.4. The maximum atomic E-state index is 6.50. The molecule has 0 bridgehead atoms. The SMILES string of the molecule is CC1(C)CC2=NN(c3ccccc3)P(=S)(Nc3nccs3)C2=C(N2CCCC2)C1. The van der Waals surface area contributed by atoms with Gasteiger partial charge in [-0.05, 0) is 55.0 Å². The van der Waals surface area contributed by atoms with Crippen LogP contribution in [0.2, 0.25) is 0 Å². The molecule has 8 heteroatoms. The van der Waals surface area contributed by atoms with E-state index in [1.807, 2.05) is 17.6 Å². The number of allylic oxidation sites excluding steroid dienone is 2. The zero-order chi connectivity index (χ0) is 20.1. The van der Waals surface area contributed by atoms with Crippen molar-refractivity contribution in [1.29, 1.82) is 0 Å². The normalized spacial score (nSPS) is 25.9. The zero-order valence-electron chi connectivity index (χ0n) is 16.8. The summed E-state index contributed by atoms with van der Waals surface area (Å²) in [6, 6.07) is 10.4. The van der Waals surface area contributed by atoms with Crippen LogP contribution in [0.4, 0.5) is 10.8 Å². The standard InChI is InChI=1S/C21H26N5PS2/c1-21(2)14-17-19(18(15-21)25-11-6-7-12-25)27(28,24-20-22-10-13-29-20)26(23-17)16-8-4-3-5-9-16/h3-5,8-10,13H,6-7,11-12,14-15H2,1-2H3,(H,22,24,28). The lowest BCUT2D eigenvalue weighted by Crippen LogP contribution is -2.32. The van der Waals surface area contributed by atoms with Crippen LogP contribution in [0, 0.1) is 5.41 Å². The fourth-order valence-electron chi connectivity index (χ4n) is 4.55. The fraction of sp³-hybridized carbons (Fsp3) is 0.429. The molecule has 29 heavy (non-hydrogen) atoms. The number of para-hydroxylation sites is 1. The van der Waals surface area contributed by atoms with E-state index in [0.717, 1.165) is 36.8 Å². The van der Waals surface area contributed by atoms with Gasteiger partial charge in [0.1, 0.15) is 0 Å². The lowest BCUT2D eigenvalue weighted by Gasteiger charge is -2.39. The Balaban J connectivity index is 1.69. The third kappa shape index (κ3) is 3.43. The Morgan fingerprint density at radius 2 is 1.90 bits per heavy atom. The van der Waals surface area contributed by atoms with E-state index in [1.54, 1.807) is 11.3 Å². The van der Waals surface area contributed by atoms with Crippen molar-refractivity contribution < 1.29 is 0 Å². The second-order valence-electron chi connectivity index (χ2n) is 8.70. The molecule has 1 unspecified atom stereocenters. The third-order valence-electron chi connectivity index (χ3n) is 5.78. The number of likely N-dealkylation sites (tertiary alicyclic amines) is 1. The second-order valence-corrected chi connectivity index (χ2v) is 13.4. The summed E-state index contributed by atoms with van der Waals surface area (Å²) < 4.78 is 2.10. The van der Waals surface area contributed by atoms with Crippen molar-refractivity contribution in [3.05, 3.63) is 52.9 Å².